The SMILES string of the molecule is Cc1cc(-c2nccc(Cc3cccc(-c4ccc[nH]4)n3)n2)n[nH]1. The third-order valence-electron chi connectivity index (χ3n) is 3.69. The molecule has 6 heteroatoms. The maximum atomic E-state index is 4.70. The zero-order valence-electron chi connectivity index (χ0n) is 13.2. The van der Waals surface area contributed by atoms with Gasteiger partial charge >= 0.3 is 0 Å². The van der Waals surface area contributed by atoms with Gasteiger partial charge < -0.3 is 4.98 Å². The normalized spacial score (nSPS) is 10.9. The molecule has 6 nitrogen and oxygen atoms in total. The Balaban J connectivity index is 1.61. The molecule has 4 heterocycles. The van der Waals surface area contributed by atoms with Crippen LogP contribution in [-0.2, 0) is 6.42 Å². The first-order valence-corrected chi connectivity index (χ1v) is 7.72. The van der Waals surface area contributed by atoms with E-state index >= 15 is 0 Å². The lowest BCUT2D eigenvalue weighted by molar-refractivity contribution is 0.978. The molecule has 0 bridgehead atoms. The highest BCUT2D eigenvalue weighted by molar-refractivity contribution is 5.54. The summed E-state index contributed by atoms with van der Waals surface area (Å²) in [5, 5.41) is 7.13. The summed E-state index contributed by atoms with van der Waals surface area (Å²) in [4.78, 5) is 16.8. The van der Waals surface area contributed by atoms with E-state index in [4.69, 9.17) is 4.98 Å². The van der Waals surface area contributed by atoms with E-state index in [0.717, 1.165) is 34.2 Å². The van der Waals surface area contributed by atoms with Gasteiger partial charge in [0.25, 0.3) is 0 Å². The Bertz CT molecular complexity index is 955. The summed E-state index contributed by atoms with van der Waals surface area (Å²) in [6, 6.07) is 13.8. The van der Waals surface area contributed by atoms with E-state index < -0.39 is 0 Å². The van der Waals surface area contributed by atoms with Crippen molar-refractivity contribution in [1.29, 1.82) is 0 Å². The fourth-order valence-corrected chi connectivity index (χ4v) is 2.55. The van der Waals surface area contributed by atoms with Gasteiger partial charge in [0.15, 0.2) is 5.82 Å². The van der Waals surface area contributed by atoms with Gasteiger partial charge in [-0.25, -0.2) is 9.97 Å². The maximum Gasteiger partial charge on any atom is 0.180 e. The van der Waals surface area contributed by atoms with Gasteiger partial charge in [-0.2, -0.15) is 5.10 Å². The van der Waals surface area contributed by atoms with Crippen molar-refractivity contribution in [3.63, 3.8) is 0 Å². The van der Waals surface area contributed by atoms with E-state index in [9.17, 15) is 0 Å². The number of pyridine rings is 1. The highest BCUT2D eigenvalue weighted by Gasteiger charge is 2.08. The summed E-state index contributed by atoms with van der Waals surface area (Å²) in [7, 11) is 0. The minimum absolute atomic E-state index is 0.623. The lowest BCUT2D eigenvalue weighted by Crippen LogP contribution is -1.99. The molecule has 2 N–H and O–H groups in total. The molecule has 4 rings (SSSR count). The number of hydrogen-bond acceptors (Lipinski definition) is 4. The van der Waals surface area contributed by atoms with E-state index in [1.54, 1.807) is 6.20 Å². The predicted octanol–water partition coefficient (Wildman–Crippen LogP) is 3.16. The van der Waals surface area contributed by atoms with Crippen LogP contribution in [0.25, 0.3) is 22.9 Å². The highest BCUT2D eigenvalue weighted by Crippen LogP contribution is 2.17. The van der Waals surface area contributed by atoms with E-state index in [0.29, 0.717) is 12.2 Å². The molecule has 0 fully saturated rings. The summed E-state index contributed by atoms with van der Waals surface area (Å²) < 4.78 is 0. The van der Waals surface area contributed by atoms with Crippen LogP contribution in [0.4, 0.5) is 0 Å². The number of aryl methyl sites for hydroxylation is 1. The van der Waals surface area contributed by atoms with Crippen LogP contribution in [0.5, 0.6) is 0 Å². The first-order chi connectivity index (χ1) is 11.8. The number of aromatic amines is 2. The molecular weight excluding hydrogens is 300 g/mol. The summed E-state index contributed by atoms with van der Waals surface area (Å²) in [6.45, 7) is 1.95. The van der Waals surface area contributed by atoms with Gasteiger partial charge in [0.1, 0.15) is 5.69 Å². The van der Waals surface area contributed by atoms with Crippen LogP contribution in [0.2, 0.25) is 0 Å². The fraction of sp³-hybridized carbons (Fsp3) is 0.111. The first-order valence-electron chi connectivity index (χ1n) is 7.72. The van der Waals surface area contributed by atoms with Crippen LogP contribution in [0.15, 0.2) is 54.9 Å². The van der Waals surface area contributed by atoms with E-state index in [-0.39, 0.29) is 0 Å². The molecule has 24 heavy (non-hydrogen) atoms. The predicted molar refractivity (Wildman–Crippen MR) is 91.2 cm³/mol. The molecule has 0 spiro atoms. The van der Waals surface area contributed by atoms with Crippen LogP contribution < -0.4 is 0 Å². The van der Waals surface area contributed by atoms with Gasteiger partial charge in [-0.15, -0.1) is 0 Å². The zero-order valence-corrected chi connectivity index (χ0v) is 13.2. The van der Waals surface area contributed by atoms with Gasteiger partial charge in [-0.3, -0.25) is 10.1 Å². The average Bonchev–Trinajstić information content (AvgIpc) is 3.27. The number of nitrogens with one attached hydrogen (secondary N) is 2. The molecule has 0 saturated heterocycles. The standard InChI is InChI=1S/C18H16N6/c1-12-10-17(24-23-12)18-20-9-7-14(22-18)11-13-4-2-5-16(21-13)15-6-3-8-19-15/h2-10,19H,11H2,1H3,(H,23,24). The zero-order chi connectivity index (χ0) is 16.4. The molecule has 0 unspecified atom stereocenters. The maximum absolute atomic E-state index is 4.70. The summed E-state index contributed by atoms with van der Waals surface area (Å²) in [5.74, 6) is 0.623. The topological polar surface area (TPSA) is 83.1 Å². The van der Waals surface area contributed by atoms with E-state index in [2.05, 4.69) is 25.1 Å². The van der Waals surface area contributed by atoms with Crippen molar-refractivity contribution in [3.05, 3.63) is 71.9 Å². The second-order valence-corrected chi connectivity index (χ2v) is 5.58. The second-order valence-electron chi connectivity index (χ2n) is 5.58. The van der Waals surface area contributed by atoms with Gasteiger partial charge in [-0.1, -0.05) is 6.07 Å². The lowest BCUT2D eigenvalue weighted by atomic mass is 10.2. The lowest BCUT2D eigenvalue weighted by Gasteiger charge is -2.04. The highest BCUT2D eigenvalue weighted by atomic mass is 15.1. The smallest absolute Gasteiger partial charge is 0.180 e. The largest absolute Gasteiger partial charge is 0.360 e. The van der Waals surface area contributed by atoms with Crippen molar-refractivity contribution in [1.82, 2.24) is 30.1 Å². The fourth-order valence-electron chi connectivity index (χ4n) is 2.55. The molecule has 0 aliphatic carbocycles. The van der Waals surface area contributed by atoms with Crippen molar-refractivity contribution < 1.29 is 0 Å². The summed E-state index contributed by atoms with van der Waals surface area (Å²) >= 11 is 0. The van der Waals surface area contributed by atoms with Gasteiger partial charge in [0.2, 0.25) is 0 Å². The van der Waals surface area contributed by atoms with Crippen LogP contribution >= 0.6 is 0 Å². The van der Waals surface area contributed by atoms with Gasteiger partial charge in [-0.05, 0) is 43.3 Å². The molecule has 0 aliphatic heterocycles. The summed E-state index contributed by atoms with van der Waals surface area (Å²) in [6.07, 6.45) is 4.30. The van der Waals surface area contributed by atoms with Crippen molar-refractivity contribution in [2.45, 2.75) is 13.3 Å². The van der Waals surface area contributed by atoms with E-state index in [1.807, 2.05) is 55.6 Å². The van der Waals surface area contributed by atoms with Crippen LogP contribution in [0.3, 0.4) is 0 Å². The Morgan fingerprint density at radius 1 is 0.958 bits per heavy atom. The minimum Gasteiger partial charge on any atom is -0.360 e. The number of aromatic nitrogens is 6. The molecule has 118 valence electrons. The Hall–Kier alpha value is -3.28. The van der Waals surface area contributed by atoms with Crippen molar-refractivity contribution in [2.24, 2.45) is 0 Å². The Kier molecular flexibility index (Phi) is 3.63. The molecule has 0 radical (unpaired) electrons. The third kappa shape index (κ3) is 2.94. The number of hydrogen-bond donors (Lipinski definition) is 2. The Morgan fingerprint density at radius 2 is 1.88 bits per heavy atom. The molecule has 0 amide bonds. The molecular formula is C18H16N6. The number of nitrogens with zero attached hydrogens (tertiary/aromatic N) is 4. The van der Waals surface area contributed by atoms with Crippen molar-refractivity contribution in [2.75, 3.05) is 0 Å². The molecule has 4 aromatic heterocycles. The van der Waals surface area contributed by atoms with Crippen LogP contribution in [0, 0.1) is 6.92 Å². The Morgan fingerprint density at radius 3 is 2.67 bits per heavy atom. The van der Waals surface area contributed by atoms with Crippen molar-refractivity contribution in [3.8, 4) is 22.9 Å². The monoisotopic (exact) mass is 316 g/mol. The minimum atomic E-state index is 0.623. The molecule has 0 aliphatic rings. The average molecular weight is 316 g/mol. The second kappa shape index (κ2) is 6.08. The van der Waals surface area contributed by atoms with Crippen LogP contribution in [-0.4, -0.2) is 30.1 Å². The van der Waals surface area contributed by atoms with Crippen molar-refractivity contribution >= 4 is 0 Å². The quantitative estimate of drug-likeness (QED) is 0.606. The van der Waals surface area contributed by atoms with E-state index in [1.165, 1.54) is 0 Å². The molecule has 0 aromatic carbocycles. The number of rotatable bonds is 4. The summed E-state index contributed by atoms with van der Waals surface area (Å²) in [5.41, 5.74) is 5.55. The molecule has 0 atom stereocenters. The number of H-pyrrole nitrogens is 2. The molecule has 4 aromatic rings. The molecule has 0 saturated carbocycles. The van der Waals surface area contributed by atoms with Gasteiger partial charge in [0, 0.05) is 30.2 Å². The van der Waals surface area contributed by atoms with Crippen LogP contribution in [0.1, 0.15) is 17.1 Å². The third-order valence-corrected chi connectivity index (χ3v) is 3.69. The van der Waals surface area contributed by atoms with Gasteiger partial charge in [0.05, 0.1) is 17.1 Å². The first kappa shape index (κ1) is 14.3. The Labute approximate surface area is 139 Å².